The van der Waals surface area contributed by atoms with Gasteiger partial charge in [0, 0.05) is 0 Å². The molecular formula is C20H29N5O. The molecule has 1 aromatic rings. The predicted octanol–water partition coefficient (Wildman–Crippen LogP) is 4.31. The fraction of sp³-hybridized carbons (Fsp3) is 0.850. The van der Waals surface area contributed by atoms with Gasteiger partial charge in [-0.1, -0.05) is 30.7 Å². The lowest BCUT2D eigenvalue weighted by Gasteiger charge is -2.58. The molecule has 1 aromatic heterocycles. The predicted molar refractivity (Wildman–Crippen MR) is 98.1 cm³/mol. The molecule has 6 nitrogen and oxygen atoms in total. The SMILES string of the molecule is CC12CCC(N=O)C=C1CCC1C2CCC2(C)C1CCC2n1cnnn1. The number of fused-ring (bicyclic) bond motifs is 5. The second kappa shape index (κ2) is 5.70. The van der Waals surface area contributed by atoms with Crippen molar-refractivity contribution in [2.75, 3.05) is 0 Å². The Hall–Kier alpha value is -1.59. The Morgan fingerprint density at radius 1 is 1.12 bits per heavy atom. The molecule has 26 heavy (non-hydrogen) atoms. The summed E-state index contributed by atoms with van der Waals surface area (Å²) in [5.41, 5.74) is 2.14. The fourth-order valence-corrected chi connectivity index (χ4v) is 7.51. The summed E-state index contributed by atoms with van der Waals surface area (Å²) in [5.74, 6) is 2.34. The zero-order valence-corrected chi connectivity index (χ0v) is 15.8. The molecule has 0 spiro atoms. The molecule has 0 aliphatic heterocycles. The van der Waals surface area contributed by atoms with Gasteiger partial charge in [-0.3, -0.25) is 0 Å². The molecule has 140 valence electrons. The van der Waals surface area contributed by atoms with Gasteiger partial charge in [0.15, 0.2) is 0 Å². The van der Waals surface area contributed by atoms with E-state index in [1.165, 1.54) is 37.7 Å². The molecule has 7 unspecified atom stereocenters. The molecule has 0 radical (unpaired) electrons. The average Bonchev–Trinajstić information content (AvgIpc) is 3.27. The molecule has 0 amide bonds. The van der Waals surface area contributed by atoms with Crippen molar-refractivity contribution in [1.29, 1.82) is 0 Å². The van der Waals surface area contributed by atoms with Crippen molar-refractivity contribution in [3.05, 3.63) is 22.9 Å². The van der Waals surface area contributed by atoms with Gasteiger partial charge in [-0.25, -0.2) is 4.68 Å². The van der Waals surface area contributed by atoms with Crippen LogP contribution in [0.3, 0.4) is 0 Å². The van der Waals surface area contributed by atoms with E-state index >= 15 is 0 Å². The summed E-state index contributed by atoms with van der Waals surface area (Å²) >= 11 is 0. The first-order valence-corrected chi connectivity index (χ1v) is 10.3. The van der Waals surface area contributed by atoms with E-state index in [2.05, 4.69) is 40.6 Å². The van der Waals surface area contributed by atoms with E-state index in [-0.39, 0.29) is 6.04 Å². The zero-order valence-electron chi connectivity index (χ0n) is 15.8. The lowest BCUT2D eigenvalue weighted by Crippen LogP contribution is -2.50. The molecule has 5 rings (SSSR count). The number of rotatable bonds is 2. The first-order valence-electron chi connectivity index (χ1n) is 10.3. The Morgan fingerprint density at radius 2 is 2.00 bits per heavy atom. The number of aromatic nitrogens is 4. The van der Waals surface area contributed by atoms with Crippen molar-refractivity contribution in [3.8, 4) is 0 Å². The number of tetrazole rings is 1. The third kappa shape index (κ3) is 2.13. The van der Waals surface area contributed by atoms with Crippen LogP contribution < -0.4 is 0 Å². The molecule has 7 atom stereocenters. The lowest BCUT2D eigenvalue weighted by molar-refractivity contribution is -0.0508. The summed E-state index contributed by atoms with van der Waals surface area (Å²) in [6, 6.07) is 0.363. The van der Waals surface area contributed by atoms with Crippen LogP contribution in [-0.4, -0.2) is 26.2 Å². The minimum atomic E-state index is -0.0841. The van der Waals surface area contributed by atoms with Crippen molar-refractivity contribution < 1.29 is 0 Å². The number of allylic oxidation sites excluding steroid dienone is 1. The van der Waals surface area contributed by atoms with Crippen LogP contribution >= 0.6 is 0 Å². The third-order valence-electron chi connectivity index (χ3n) is 8.86. The highest BCUT2D eigenvalue weighted by Gasteiger charge is 2.59. The molecule has 0 aromatic carbocycles. The van der Waals surface area contributed by atoms with Crippen LogP contribution in [0, 0.1) is 33.5 Å². The van der Waals surface area contributed by atoms with Crippen molar-refractivity contribution in [3.63, 3.8) is 0 Å². The van der Waals surface area contributed by atoms with Gasteiger partial charge in [0.1, 0.15) is 12.4 Å². The fourth-order valence-electron chi connectivity index (χ4n) is 7.51. The molecule has 0 N–H and O–H groups in total. The Balaban J connectivity index is 1.46. The van der Waals surface area contributed by atoms with Gasteiger partial charge in [-0.05, 0) is 90.4 Å². The van der Waals surface area contributed by atoms with Crippen LogP contribution in [0.2, 0.25) is 0 Å². The maximum Gasteiger partial charge on any atom is 0.138 e. The maximum atomic E-state index is 11.0. The third-order valence-corrected chi connectivity index (χ3v) is 8.86. The summed E-state index contributed by atoms with van der Waals surface area (Å²) in [6.45, 7) is 4.97. The highest BCUT2D eigenvalue weighted by atomic mass is 16.3. The van der Waals surface area contributed by atoms with E-state index in [1.807, 2.05) is 4.68 Å². The topological polar surface area (TPSA) is 73.0 Å². The van der Waals surface area contributed by atoms with Gasteiger partial charge in [0.05, 0.1) is 6.04 Å². The van der Waals surface area contributed by atoms with Gasteiger partial charge in [0.25, 0.3) is 0 Å². The number of nitrogens with zero attached hydrogens (tertiary/aromatic N) is 5. The second-order valence-electron chi connectivity index (χ2n) is 9.66. The van der Waals surface area contributed by atoms with Crippen LogP contribution in [0.1, 0.15) is 71.3 Å². The maximum absolute atomic E-state index is 11.0. The first-order chi connectivity index (χ1) is 12.6. The minimum absolute atomic E-state index is 0.0841. The van der Waals surface area contributed by atoms with E-state index < -0.39 is 0 Å². The second-order valence-corrected chi connectivity index (χ2v) is 9.66. The summed E-state index contributed by atoms with van der Waals surface area (Å²) < 4.78 is 2.02. The van der Waals surface area contributed by atoms with Crippen LogP contribution in [0.5, 0.6) is 0 Å². The van der Waals surface area contributed by atoms with Gasteiger partial charge >= 0.3 is 0 Å². The quantitative estimate of drug-likeness (QED) is 0.585. The number of hydrogen-bond acceptors (Lipinski definition) is 5. The monoisotopic (exact) mass is 355 g/mol. The Kier molecular flexibility index (Phi) is 3.63. The lowest BCUT2D eigenvalue weighted by atomic mass is 9.47. The summed E-state index contributed by atoms with van der Waals surface area (Å²) in [6.07, 6.45) is 13.6. The van der Waals surface area contributed by atoms with Crippen molar-refractivity contribution in [2.45, 2.75) is 77.3 Å². The summed E-state index contributed by atoms with van der Waals surface area (Å²) in [4.78, 5) is 11.0. The molecule has 4 aliphatic carbocycles. The largest absolute Gasteiger partial charge is 0.229 e. The normalized spacial score (nSPS) is 47.5. The zero-order chi connectivity index (χ0) is 17.9. The smallest absolute Gasteiger partial charge is 0.138 e. The van der Waals surface area contributed by atoms with Crippen molar-refractivity contribution in [2.24, 2.45) is 33.8 Å². The van der Waals surface area contributed by atoms with E-state index in [0.29, 0.717) is 16.9 Å². The molecule has 6 heteroatoms. The molecule has 0 saturated heterocycles. The Labute approximate surface area is 154 Å². The highest BCUT2D eigenvalue weighted by Crippen LogP contribution is 2.67. The molecule has 4 aliphatic rings. The van der Waals surface area contributed by atoms with E-state index in [4.69, 9.17) is 0 Å². The number of nitroso groups, excluding NO2 is 1. The summed E-state index contributed by atoms with van der Waals surface area (Å²) in [5, 5.41) is 15.3. The van der Waals surface area contributed by atoms with Gasteiger partial charge < -0.3 is 0 Å². The minimum Gasteiger partial charge on any atom is -0.229 e. The van der Waals surface area contributed by atoms with Gasteiger partial charge in [0.2, 0.25) is 0 Å². The van der Waals surface area contributed by atoms with Gasteiger partial charge in [-0.2, -0.15) is 4.91 Å². The molecule has 3 saturated carbocycles. The number of hydrogen-bond donors (Lipinski definition) is 0. The van der Waals surface area contributed by atoms with Crippen LogP contribution in [0.4, 0.5) is 0 Å². The van der Waals surface area contributed by atoms with Crippen LogP contribution in [0.15, 0.2) is 23.2 Å². The van der Waals surface area contributed by atoms with E-state index in [1.54, 1.807) is 6.33 Å². The Morgan fingerprint density at radius 3 is 2.77 bits per heavy atom. The van der Waals surface area contributed by atoms with Gasteiger partial charge in [-0.15, -0.1) is 5.10 Å². The molecular weight excluding hydrogens is 326 g/mol. The Bertz CT molecular complexity index is 731. The highest BCUT2D eigenvalue weighted by molar-refractivity contribution is 5.26. The summed E-state index contributed by atoms with van der Waals surface area (Å²) in [7, 11) is 0. The van der Waals surface area contributed by atoms with Crippen LogP contribution in [-0.2, 0) is 0 Å². The average molecular weight is 355 g/mol. The van der Waals surface area contributed by atoms with Crippen molar-refractivity contribution in [1.82, 2.24) is 20.2 Å². The standard InChI is InChI=1S/C20H29N5O/c1-19-9-7-14(22-26)11-13(19)3-4-15-16-5-6-18(25-12-21-23-24-25)20(16,2)10-8-17(15)19/h11-12,14-18H,3-10H2,1-2H3. The first kappa shape index (κ1) is 16.6. The van der Waals surface area contributed by atoms with Crippen molar-refractivity contribution >= 4 is 0 Å². The molecule has 3 fully saturated rings. The van der Waals surface area contributed by atoms with E-state index in [0.717, 1.165) is 37.0 Å². The molecule has 0 bridgehead atoms. The van der Waals surface area contributed by atoms with E-state index in [9.17, 15) is 4.91 Å². The van der Waals surface area contributed by atoms with Crippen LogP contribution in [0.25, 0.3) is 0 Å². The molecule has 1 heterocycles.